The first-order valence-corrected chi connectivity index (χ1v) is 8.18. The summed E-state index contributed by atoms with van der Waals surface area (Å²) in [6, 6.07) is 23.8. The van der Waals surface area contributed by atoms with Crippen molar-refractivity contribution in [3.8, 4) is 5.75 Å². The number of para-hydroxylation sites is 1. The fourth-order valence-electron chi connectivity index (χ4n) is 2.22. The first-order chi connectivity index (χ1) is 12.2. The van der Waals surface area contributed by atoms with E-state index in [0.29, 0.717) is 23.0 Å². The van der Waals surface area contributed by atoms with Gasteiger partial charge < -0.3 is 15.4 Å². The number of carbonyl (C=O) groups is 1. The third kappa shape index (κ3) is 4.99. The van der Waals surface area contributed by atoms with Crippen molar-refractivity contribution in [2.75, 3.05) is 10.6 Å². The minimum atomic E-state index is -0.356. The topological polar surface area (TPSA) is 50.4 Å². The van der Waals surface area contributed by atoms with Gasteiger partial charge in [-0.15, -0.1) is 0 Å². The first-order valence-electron chi connectivity index (χ1n) is 7.80. The molecule has 0 aliphatic heterocycles. The van der Waals surface area contributed by atoms with E-state index >= 15 is 0 Å². The molecule has 5 heteroatoms. The second-order valence-electron chi connectivity index (χ2n) is 5.36. The van der Waals surface area contributed by atoms with Crippen LogP contribution in [0.5, 0.6) is 5.75 Å². The van der Waals surface area contributed by atoms with E-state index in [-0.39, 0.29) is 6.03 Å². The van der Waals surface area contributed by atoms with Crippen LogP contribution in [0.3, 0.4) is 0 Å². The molecule has 0 aromatic heterocycles. The van der Waals surface area contributed by atoms with Crippen molar-refractivity contribution in [1.29, 1.82) is 0 Å². The molecule has 3 aromatic carbocycles. The monoisotopic (exact) mass is 352 g/mol. The summed E-state index contributed by atoms with van der Waals surface area (Å²) >= 11 is 6.02. The quantitative estimate of drug-likeness (QED) is 0.631. The predicted octanol–water partition coefficient (Wildman–Crippen LogP) is 5.56. The van der Waals surface area contributed by atoms with Crippen LogP contribution in [-0.2, 0) is 6.61 Å². The number of urea groups is 1. The fraction of sp³-hybridized carbons (Fsp3) is 0.0500. The van der Waals surface area contributed by atoms with Crippen molar-refractivity contribution in [3.05, 3.63) is 89.4 Å². The number of hydrogen-bond donors (Lipinski definition) is 2. The average molecular weight is 353 g/mol. The van der Waals surface area contributed by atoms with Crippen molar-refractivity contribution >= 4 is 29.0 Å². The Hall–Kier alpha value is -2.98. The number of anilines is 2. The summed E-state index contributed by atoms with van der Waals surface area (Å²) in [5.74, 6) is 0.737. The number of halogens is 1. The molecule has 25 heavy (non-hydrogen) atoms. The summed E-state index contributed by atoms with van der Waals surface area (Å²) in [5, 5.41) is 5.95. The number of hydrogen-bond acceptors (Lipinski definition) is 2. The van der Waals surface area contributed by atoms with Crippen LogP contribution in [0.2, 0.25) is 5.02 Å². The molecule has 0 heterocycles. The molecular formula is C20H17ClN2O2. The van der Waals surface area contributed by atoms with Crippen LogP contribution >= 0.6 is 11.6 Å². The van der Waals surface area contributed by atoms with E-state index < -0.39 is 0 Å². The number of benzene rings is 3. The fourth-order valence-corrected chi connectivity index (χ4v) is 2.41. The molecule has 4 nitrogen and oxygen atoms in total. The van der Waals surface area contributed by atoms with E-state index in [1.165, 1.54) is 0 Å². The molecule has 0 atom stereocenters. The number of carbonyl (C=O) groups excluding carboxylic acids is 1. The zero-order chi connectivity index (χ0) is 17.5. The zero-order valence-electron chi connectivity index (χ0n) is 13.4. The summed E-state index contributed by atoms with van der Waals surface area (Å²) in [6.07, 6.45) is 0. The minimum Gasteiger partial charge on any atom is -0.489 e. The lowest BCUT2D eigenvalue weighted by Crippen LogP contribution is -2.19. The largest absolute Gasteiger partial charge is 0.489 e. The minimum absolute atomic E-state index is 0.356. The third-order valence-electron chi connectivity index (χ3n) is 3.48. The Morgan fingerprint density at radius 2 is 1.52 bits per heavy atom. The van der Waals surface area contributed by atoms with Crippen molar-refractivity contribution in [2.45, 2.75) is 6.61 Å². The van der Waals surface area contributed by atoms with Crippen LogP contribution in [0.15, 0.2) is 78.9 Å². The number of nitrogens with one attached hydrogen (secondary N) is 2. The Balaban J connectivity index is 1.53. The molecule has 3 aromatic rings. The lowest BCUT2D eigenvalue weighted by Gasteiger charge is -2.10. The SMILES string of the molecule is O=C(Nc1ccc(OCc2ccccc2)cc1)Nc1ccccc1Cl. The van der Waals surface area contributed by atoms with Gasteiger partial charge in [-0.2, -0.15) is 0 Å². The molecule has 0 saturated carbocycles. The molecule has 0 unspecified atom stereocenters. The van der Waals surface area contributed by atoms with Gasteiger partial charge in [0, 0.05) is 5.69 Å². The summed E-state index contributed by atoms with van der Waals surface area (Å²) in [5.41, 5.74) is 2.32. The summed E-state index contributed by atoms with van der Waals surface area (Å²) in [4.78, 5) is 12.0. The van der Waals surface area contributed by atoms with Crippen LogP contribution in [0.25, 0.3) is 0 Å². The maximum atomic E-state index is 12.0. The molecule has 2 amide bonds. The standard InChI is InChI=1S/C20H17ClN2O2/c21-18-8-4-5-9-19(18)23-20(24)22-16-10-12-17(13-11-16)25-14-15-6-2-1-3-7-15/h1-13H,14H2,(H2,22,23,24). The van der Waals surface area contributed by atoms with E-state index in [4.69, 9.17) is 16.3 Å². The first kappa shape index (κ1) is 16.9. The van der Waals surface area contributed by atoms with Crippen molar-refractivity contribution in [1.82, 2.24) is 0 Å². The molecule has 0 radical (unpaired) electrons. The lowest BCUT2D eigenvalue weighted by molar-refractivity contribution is 0.262. The summed E-state index contributed by atoms with van der Waals surface area (Å²) in [6.45, 7) is 0.501. The zero-order valence-corrected chi connectivity index (χ0v) is 14.2. The Kier molecular flexibility index (Phi) is 5.54. The molecule has 0 aliphatic carbocycles. The van der Waals surface area contributed by atoms with Crippen LogP contribution in [0, 0.1) is 0 Å². The molecule has 0 spiro atoms. The molecular weight excluding hydrogens is 336 g/mol. The molecule has 0 fully saturated rings. The van der Waals surface area contributed by atoms with Gasteiger partial charge in [-0.25, -0.2) is 4.79 Å². The van der Waals surface area contributed by atoms with Gasteiger partial charge in [-0.3, -0.25) is 0 Å². The highest BCUT2D eigenvalue weighted by Crippen LogP contribution is 2.21. The van der Waals surface area contributed by atoms with Gasteiger partial charge >= 0.3 is 6.03 Å². The second-order valence-corrected chi connectivity index (χ2v) is 5.76. The maximum absolute atomic E-state index is 12.0. The second kappa shape index (κ2) is 8.22. The Morgan fingerprint density at radius 1 is 0.840 bits per heavy atom. The van der Waals surface area contributed by atoms with E-state index in [1.54, 1.807) is 36.4 Å². The number of amides is 2. The smallest absolute Gasteiger partial charge is 0.323 e. The Bertz CT molecular complexity index is 836. The van der Waals surface area contributed by atoms with Crippen LogP contribution in [-0.4, -0.2) is 6.03 Å². The van der Waals surface area contributed by atoms with Crippen LogP contribution < -0.4 is 15.4 Å². The van der Waals surface area contributed by atoms with Crippen molar-refractivity contribution < 1.29 is 9.53 Å². The predicted molar refractivity (Wildman–Crippen MR) is 101 cm³/mol. The maximum Gasteiger partial charge on any atom is 0.323 e. The highest BCUT2D eigenvalue weighted by atomic mass is 35.5. The van der Waals surface area contributed by atoms with Crippen LogP contribution in [0.1, 0.15) is 5.56 Å². The van der Waals surface area contributed by atoms with Crippen molar-refractivity contribution in [3.63, 3.8) is 0 Å². The van der Waals surface area contributed by atoms with Crippen molar-refractivity contribution in [2.24, 2.45) is 0 Å². The summed E-state index contributed by atoms with van der Waals surface area (Å²) in [7, 11) is 0. The average Bonchev–Trinajstić information content (AvgIpc) is 2.64. The van der Waals surface area contributed by atoms with Crippen LogP contribution in [0.4, 0.5) is 16.2 Å². The highest BCUT2D eigenvalue weighted by molar-refractivity contribution is 6.33. The molecule has 2 N–H and O–H groups in total. The molecule has 0 bridgehead atoms. The van der Waals surface area contributed by atoms with Gasteiger partial charge in [-0.05, 0) is 42.0 Å². The van der Waals surface area contributed by atoms with Gasteiger partial charge in [0.2, 0.25) is 0 Å². The third-order valence-corrected chi connectivity index (χ3v) is 3.81. The highest BCUT2D eigenvalue weighted by Gasteiger charge is 2.05. The summed E-state index contributed by atoms with van der Waals surface area (Å²) < 4.78 is 5.72. The van der Waals surface area contributed by atoms with E-state index in [1.807, 2.05) is 42.5 Å². The van der Waals surface area contributed by atoms with Gasteiger partial charge in [0.25, 0.3) is 0 Å². The molecule has 3 rings (SSSR count). The molecule has 0 aliphatic rings. The van der Waals surface area contributed by atoms with Gasteiger partial charge in [0.15, 0.2) is 0 Å². The van der Waals surface area contributed by atoms with E-state index in [9.17, 15) is 4.79 Å². The van der Waals surface area contributed by atoms with Gasteiger partial charge in [-0.1, -0.05) is 54.1 Å². The molecule has 126 valence electrons. The van der Waals surface area contributed by atoms with Gasteiger partial charge in [0.05, 0.1) is 10.7 Å². The Morgan fingerprint density at radius 3 is 2.24 bits per heavy atom. The van der Waals surface area contributed by atoms with E-state index in [2.05, 4.69) is 10.6 Å². The number of ether oxygens (including phenoxy) is 1. The normalized spacial score (nSPS) is 10.1. The lowest BCUT2D eigenvalue weighted by atomic mass is 10.2. The van der Waals surface area contributed by atoms with Gasteiger partial charge in [0.1, 0.15) is 12.4 Å². The Labute approximate surface area is 151 Å². The number of rotatable bonds is 5. The van der Waals surface area contributed by atoms with E-state index in [0.717, 1.165) is 11.3 Å². The molecule has 0 saturated heterocycles.